The van der Waals surface area contributed by atoms with Crippen LogP contribution in [0.2, 0.25) is 10.0 Å². The Morgan fingerprint density at radius 2 is 1.17 bits per heavy atom. The van der Waals surface area contributed by atoms with E-state index in [1.165, 1.54) is 0 Å². The molecule has 1 heterocycles. The lowest BCUT2D eigenvalue weighted by molar-refractivity contribution is 0.101. The van der Waals surface area contributed by atoms with Crippen molar-refractivity contribution in [1.82, 2.24) is 0 Å². The zero-order valence-corrected chi connectivity index (χ0v) is 20.5. The molecule has 171 valence electrons. The molecule has 0 aliphatic carbocycles. The van der Waals surface area contributed by atoms with Crippen molar-refractivity contribution >= 4 is 67.8 Å². The van der Waals surface area contributed by atoms with Crippen LogP contribution in [-0.2, 0) is 0 Å². The molecule has 2 N–H and O–H groups in total. The molecule has 7 heteroatoms. The van der Waals surface area contributed by atoms with E-state index in [4.69, 9.17) is 23.2 Å². The summed E-state index contributed by atoms with van der Waals surface area (Å²) in [7, 11) is 0. The first-order valence-electron chi connectivity index (χ1n) is 10.6. The van der Waals surface area contributed by atoms with Gasteiger partial charge >= 0.3 is 0 Å². The molecule has 0 unspecified atom stereocenters. The van der Waals surface area contributed by atoms with Gasteiger partial charge in [-0.3, -0.25) is 9.59 Å². The Morgan fingerprint density at radius 3 is 1.74 bits per heavy atom. The van der Waals surface area contributed by atoms with Crippen LogP contribution >= 0.6 is 34.5 Å². The van der Waals surface area contributed by atoms with Crippen LogP contribution in [0.25, 0.3) is 20.5 Å². The number of rotatable bonds is 5. The summed E-state index contributed by atoms with van der Waals surface area (Å²) in [5.74, 6) is -0.393. The minimum absolute atomic E-state index is 0.194. The van der Waals surface area contributed by atoms with Gasteiger partial charge in [0.05, 0.1) is 0 Å². The minimum Gasteiger partial charge on any atom is -0.322 e. The van der Waals surface area contributed by atoms with E-state index < -0.39 is 0 Å². The highest BCUT2D eigenvalue weighted by atomic mass is 35.5. The number of benzene rings is 4. The van der Waals surface area contributed by atoms with Gasteiger partial charge in [-0.05, 0) is 78.4 Å². The van der Waals surface area contributed by atoms with Gasteiger partial charge in [-0.2, -0.15) is 0 Å². The Hall–Kier alpha value is -3.64. The summed E-state index contributed by atoms with van der Waals surface area (Å²) in [4.78, 5) is 26.1. The fraction of sp³-hybridized carbons (Fsp3) is 0. The van der Waals surface area contributed by atoms with Gasteiger partial charge in [-0.15, -0.1) is 11.3 Å². The number of carbonyl (C=O) groups excluding carboxylic acids is 2. The van der Waals surface area contributed by atoms with Crippen LogP contribution in [0.3, 0.4) is 0 Å². The molecule has 0 atom stereocenters. The number of amides is 2. The average Bonchev–Trinajstić information content (AvgIpc) is 3.30. The van der Waals surface area contributed by atoms with Gasteiger partial charge in [0.1, 0.15) is 0 Å². The number of fused-ring (bicyclic) bond motifs is 1. The topological polar surface area (TPSA) is 58.2 Å². The van der Waals surface area contributed by atoms with Crippen LogP contribution in [0, 0.1) is 6.07 Å². The van der Waals surface area contributed by atoms with Crippen molar-refractivity contribution in [1.29, 1.82) is 0 Å². The highest BCUT2D eigenvalue weighted by Gasteiger charge is 2.12. The van der Waals surface area contributed by atoms with Crippen LogP contribution in [0.5, 0.6) is 0 Å². The third kappa shape index (κ3) is 5.38. The number of thiophene rings is 1. The molecule has 35 heavy (non-hydrogen) atoms. The highest BCUT2D eigenvalue weighted by Crippen LogP contribution is 2.34. The van der Waals surface area contributed by atoms with Crippen molar-refractivity contribution in [2.45, 2.75) is 0 Å². The summed E-state index contributed by atoms with van der Waals surface area (Å²) in [6.07, 6.45) is 0. The molecule has 5 aromatic rings. The predicted molar refractivity (Wildman–Crippen MR) is 145 cm³/mol. The van der Waals surface area contributed by atoms with Gasteiger partial charge in [-0.1, -0.05) is 41.4 Å². The maximum atomic E-state index is 12.7. The molecule has 4 aromatic carbocycles. The van der Waals surface area contributed by atoms with E-state index in [0.29, 0.717) is 32.5 Å². The number of halogens is 2. The molecule has 0 spiro atoms. The molecular weight excluding hydrogens is 499 g/mol. The van der Waals surface area contributed by atoms with Gasteiger partial charge < -0.3 is 10.6 Å². The van der Waals surface area contributed by atoms with E-state index in [1.807, 2.05) is 24.3 Å². The zero-order chi connectivity index (χ0) is 24.4. The standard InChI is InChI=1S/C28H17Cl2N2O2S/c29-21-7-11-23(12-8-21)31-27(33)18-3-1-17(2-4-18)25-15-19-5-6-20(16-26(19)35-25)28(34)32-24-13-9-22(30)10-14-24/h1-14,16H,(H,31,33)(H,32,34). The maximum absolute atomic E-state index is 12.7. The van der Waals surface area contributed by atoms with E-state index in [0.717, 1.165) is 20.5 Å². The lowest BCUT2D eigenvalue weighted by Gasteiger charge is -2.06. The van der Waals surface area contributed by atoms with Crippen molar-refractivity contribution in [3.05, 3.63) is 118 Å². The van der Waals surface area contributed by atoms with Gasteiger partial charge in [-0.25, -0.2) is 0 Å². The first-order valence-corrected chi connectivity index (χ1v) is 12.2. The molecule has 1 radical (unpaired) electrons. The molecule has 0 aliphatic rings. The lowest BCUT2D eigenvalue weighted by atomic mass is 10.1. The Bertz CT molecular complexity index is 1530. The van der Waals surface area contributed by atoms with Crippen molar-refractivity contribution in [3.63, 3.8) is 0 Å². The Morgan fingerprint density at radius 1 is 0.657 bits per heavy atom. The molecule has 5 rings (SSSR count). The molecule has 0 aliphatic heterocycles. The molecule has 0 bridgehead atoms. The number of carbonyl (C=O) groups is 2. The highest BCUT2D eigenvalue weighted by molar-refractivity contribution is 7.22. The lowest BCUT2D eigenvalue weighted by Crippen LogP contribution is -2.11. The monoisotopic (exact) mass is 515 g/mol. The van der Waals surface area contributed by atoms with Crippen molar-refractivity contribution in [2.75, 3.05) is 10.6 Å². The Labute approximate surface area is 216 Å². The molecule has 0 fully saturated rings. The van der Waals surface area contributed by atoms with E-state index >= 15 is 0 Å². The fourth-order valence-electron chi connectivity index (χ4n) is 3.49. The third-order valence-corrected chi connectivity index (χ3v) is 6.92. The fourth-order valence-corrected chi connectivity index (χ4v) is 4.79. The maximum Gasteiger partial charge on any atom is 0.255 e. The summed E-state index contributed by atoms with van der Waals surface area (Å²) in [5.41, 5.74) is 3.41. The van der Waals surface area contributed by atoms with Crippen LogP contribution in [0.15, 0.2) is 91.0 Å². The number of anilines is 2. The number of hydrogen-bond acceptors (Lipinski definition) is 3. The third-order valence-electron chi connectivity index (χ3n) is 5.32. The van der Waals surface area contributed by atoms with E-state index in [-0.39, 0.29) is 11.8 Å². The van der Waals surface area contributed by atoms with E-state index in [2.05, 4.69) is 16.7 Å². The molecule has 4 nitrogen and oxygen atoms in total. The zero-order valence-electron chi connectivity index (χ0n) is 18.1. The molecule has 1 aromatic heterocycles. The SMILES string of the molecule is O=C(Nc1ccc(Cl)cc1)c1ccc(-c2[c]c3ccc(C(=O)Nc4ccc(Cl)cc4)cc3s2)cc1. The van der Waals surface area contributed by atoms with Crippen LogP contribution in [0.4, 0.5) is 11.4 Å². The molecule has 0 saturated heterocycles. The van der Waals surface area contributed by atoms with E-state index in [9.17, 15) is 9.59 Å². The molecule has 2 amide bonds. The molecular formula is C28H17Cl2N2O2S. The van der Waals surface area contributed by atoms with Gasteiger partial charge in [0, 0.05) is 53.6 Å². The largest absolute Gasteiger partial charge is 0.322 e. The smallest absolute Gasteiger partial charge is 0.255 e. The van der Waals surface area contributed by atoms with Gasteiger partial charge in [0.2, 0.25) is 0 Å². The van der Waals surface area contributed by atoms with Crippen LogP contribution in [0.1, 0.15) is 20.7 Å². The van der Waals surface area contributed by atoms with Crippen LogP contribution < -0.4 is 10.6 Å². The summed E-state index contributed by atoms with van der Waals surface area (Å²) in [6.45, 7) is 0. The van der Waals surface area contributed by atoms with Crippen molar-refractivity contribution in [2.24, 2.45) is 0 Å². The van der Waals surface area contributed by atoms with Crippen LogP contribution in [-0.4, -0.2) is 11.8 Å². The second-order valence-electron chi connectivity index (χ2n) is 7.77. The summed E-state index contributed by atoms with van der Waals surface area (Å²) in [5, 5.41) is 7.89. The predicted octanol–water partition coefficient (Wildman–Crippen LogP) is 8.18. The van der Waals surface area contributed by atoms with Gasteiger partial charge in [0.25, 0.3) is 11.8 Å². The summed E-state index contributed by atoms with van der Waals surface area (Å²) < 4.78 is 0.952. The Kier molecular flexibility index (Phi) is 6.55. The summed E-state index contributed by atoms with van der Waals surface area (Å²) in [6, 6.07) is 30.2. The van der Waals surface area contributed by atoms with Gasteiger partial charge in [0.15, 0.2) is 0 Å². The van der Waals surface area contributed by atoms with Crippen molar-refractivity contribution < 1.29 is 9.59 Å². The quantitative estimate of drug-likeness (QED) is 0.248. The van der Waals surface area contributed by atoms with Crippen molar-refractivity contribution in [3.8, 4) is 10.4 Å². The Balaban J connectivity index is 1.31. The molecule has 0 saturated carbocycles. The second kappa shape index (κ2) is 9.92. The first kappa shape index (κ1) is 23.1. The first-order chi connectivity index (χ1) is 16.9. The number of hydrogen-bond donors (Lipinski definition) is 2. The normalized spacial score (nSPS) is 10.8. The minimum atomic E-state index is -0.199. The summed E-state index contributed by atoms with van der Waals surface area (Å²) >= 11 is 13.3. The number of nitrogens with one attached hydrogen (secondary N) is 2. The second-order valence-corrected chi connectivity index (χ2v) is 9.69. The average molecular weight is 516 g/mol. The van der Waals surface area contributed by atoms with E-state index in [1.54, 1.807) is 78.1 Å².